The normalized spacial score (nSPS) is 10.6. The lowest BCUT2D eigenvalue weighted by Gasteiger charge is -1.78. The summed E-state index contributed by atoms with van der Waals surface area (Å²) in [4.78, 5) is 9.49. The van der Waals surface area contributed by atoms with E-state index in [4.69, 9.17) is 5.11 Å². The van der Waals surface area contributed by atoms with E-state index < -0.39 is 0 Å². The zero-order valence-corrected chi connectivity index (χ0v) is 3.79. The number of hydrogen-bond acceptors (Lipinski definition) is 2. The van der Waals surface area contributed by atoms with Crippen LogP contribution in [0.1, 0.15) is 0 Å². The third kappa shape index (κ3) is 2.76. The van der Waals surface area contributed by atoms with Gasteiger partial charge in [0.25, 0.3) is 0 Å². The number of aldehydes is 1. The molecule has 0 aromatic carbocycles. The molecule has 2 heteroatoms. The van der Waals surface area contributed by atoms with E-state index in [1.54, 1.807) is 0 Å². The quantitative estimate of drug-likeness (QED) is 0.240. The second-order valence-electron chi connectivity index (χ2n) is 0.932. The summed E-state index contributed by atoms with van der Waals surface area (Å²) in [5, 5.41) is 8.37. The predicted octanol–water partition coefficient (Wildman–Crippen LogP) is 0.813. The van der Waals surface area contributed by atoms with E-state index in [0.717, 1.165) is 6.08 Å². The number of aliphatic hydroxyl groups excluding tert-OH is 1. The lowest BCUT2D eigenvalue weighted by atomic mass is 10.5. The van der Waals surface area contributed by atoms with E-state index in [1.165, 1.54) is 6.08 Å². The van der Waals surface area contributed by atoms with Gasteiger partial charge in [0.15, 0.2) is 0 Å². The molecule has 0 heterocycles. The first-order valence-electron chi connectivity index (χ1n) is 1.78. The van der Waals surface area contributed by atoms with E-state index in [9.17, 15) is 4.79 Å². The molecular weight excluding hydrogens is 92.1 g/mol. The minimum atomic E-state index is -0.102. The van der Waals surface area contributed by atoms with Crippen LogP contribution in [0.5, 0.6) is 0 Å². The van der Waals surface area contributed by atoms with Gasteiger partial charge in [-0.1, -0.05) is 6.58 Å². The molecule has 2 nitrogen and oxygen atoms in total. The van der Waals surface area contributed by atoms with Crippen molar-refractivity contribution in [3.63, 3.8) is 0 Å². The van der Waals surface area contributed by atoms with Crippen LogP contribution in [0, 0.1) is 0 Å². The third-order valence-corrected chi connectivity index (χ3v) is 0.448. The molecule has 0 aliphatic carbocycles. The fourth-order valence-corrected chi connectivity index (χ4v) is 0.138. The summed E-state index contributed by atoms with van der Waals surface area (Å²) < 4.78 is 0. The second kappa shape index (κ2) is 3.15. The van der Waals surface area contributed by atoms with Crippen LogP contribution in [0.4, 0.5) is 0 Å². The van der Waals surface area contributed by atoms with E-state index in [-0.39, 0.29) is 5.76 Å². The van der Waals surface area contributed by atoms with Gasteiger partial charge in [0.1, 0.15) is 12.0 Å². The number of aliphatic hydroxyl groups is 1. The largest absolute Gasteiger partial charge is 0.508 e. The van der Waals surface area contributed by atoms with Crippen LogP contribution in [0.2, 0.25) is 0 Å². The van der Waals surface area contributed by atoms with Crippen molar-refractivity contribution in [2.24, 2.45) is 0 Å². The van der Waals surface area contributed by atoms with Gasteiger partial charge in [0.05, 0.1) is 0 Å². The maximum atomic E-state index is 9.49. The fraction of sp³-hybridized carbons (Fsp3) is 0. The van der Waals surface area contributed by atoms with Crippen molar-refractivity contribution < 1.29 is 9.90 Å². The second-order valence-corrected chi connectivity index (χ2v) is 0.932. The molecule has 0 radical (unpaired) electrons. The molecule has 0 atom stereocenters. The molecule has 0 unspecified atom stereocenters. The summed E-state index contributed by atoms with van der Waals surface area (Å²) >= 11 is 0. The summed E-state index contributed by atoms with van der Waals surface area (Å²) in [6, 6.07) is 0. The first-order valence-corrected chi connectivity index (χ1v) is 1.78. The first-order chi connectivity index (χ1) is 3.31. The maximum absolute atomic E-state index is 9.49. The molecule has 7 heavy (non-hydrogen) atoms. The molecule has 0 spiro atoms. The van der Waals surface area contributed by atoms with Crippen LogP contribution < -0.4 is 0 Å². The minimum Gasteiger partial charge on any atom is -0.508 e. The number of hydrogen-bond donors (Lipinski definition) is 1. The van der Waals surface area contributed by atoms with Crippen molar-refractivity contribution in [2.45, 2.75) is 0 Å². The molecule has 0 amide bonds. The van der Waals surface area contributed by atoms with Gasteiger partial charge < -0.3 is 5.11 Å². The van der Waals surface area contributed by atoms with Crippen LogP contribution in [0.25, 0.3) is 0 Å². The number of allylic oxidation sites excluding steroid dienone is 2. The van der Waals surface area contributed by atoms with Crippen molar-refractivity contribution in [1.29, 1.82) is 0 Å². The zero-order chi connectivity index (χ0) is 5.70. The van der Waals surface area contributed by atoms with E-state index >= 15 is 0 Å². The van der Waals surface area contributed by atoms with E-state index in [0.29, 0.717) is 6.29 Å². The Labute approximate surface area is 41.8 Å². The molecule has 0 saturated carbocycles. The van der Waals surface area contributed by atoms with Crippen molar-refractivity contribution in [2.75, 3.05) is 0 Å². The molecule has 1 N–H and O–H groups in total. The van der Waals surface area contributed by atoms with Crippen molar-refractivity contribution >= 4 is 6.29 Å². The Morgan fingerprint density at radius 2 is 2.29 bits per heavy atom. The summed E-state index contributed by atoms with van der Waals surface area (Å²) in [5.74, 6) is -0.102. The Morgan fingerprint density at radius 3 is 2.43 bits per heavy atom. The maximum Gasteiger partial charge on any atom is 0.146 e. The Kier molecular flexibility index (Phi) is 2.68. The van der Waals surface area contributed by atoms with Gasteiger partial charge in [-0.3, -0.25) is 4.79 Å². The predicted molar refractivity (Wildman–Crippen MR) is 27.0 cm³/mol. The van der Waals surface area contributed by atoms with Gasteiger partial charge >= 0.3 is 0 Å². The summed E-state index contributed by atoms with van der Waals surface area (Å²) in [7, 11) is 0. The van der Waals surface area contributed by atoms with Crippen LogP contribution in [0.3, 0.4) is 0 Å². The lowest BCUT2D eigenvalue weighted by molar-refractivity contribution is -0.104. The summed E-state index contributed by atoms with van der Waals surface area (Å²) in [6.07, 6.45) is 2.71. The Balaban J connectivity index is 3.72. The number of carbonyl (C=O) groups excluding carboxylic acids is 1. The van der Waals surface area contributed by atoms with Crippen molar-refractivity contribution in [1.82, 2.24) is 0 Å². The molecule has 0 aromatic rings. The Bertz CT molecular complexity index is 103. The molecule has 0 fully saturated rings. The highest BCUT2D eigenvalue weighted by Crippen LogP contribution is 1.82. The smallest absolute Gasteiger partial charge is 0.146 e. The highest BCUT2D eigenvalue weighted by molar-refractivity contribution is 5.66. The van der Waals surface area contributed by atoms with Gasteiger partial charge in [-0.25, -0.2) is 0 Å². The molecule has 0 saturated heterocycles. The van der Waals surface area contributed by atoms with E-state index in [1.807, 2.05) is 0 Å². The lowest BCUT2D eigenvalue weighted by Crippen LogP contribution is -1.70. The van der Waals surface area contributed by atoms with Gasteiger partial charge in [0, 0.05) is 6.08 Å². The standard InChI is InChI=1S/C5H6O2/c1-2-5(7)3-4-6/h2-4,7H,1H2. The fourth-order valence-electron chi connectivity index (χ4n) is 0.138. The van der Waals surface area contributed by atoms with Crippen LogP contribution in [0.15, 0.2) is 24.5 Å². The van der Waals surface area contributed by atoms with Crippen LogP contribution >= 0.6 is 0 Å². The first kappa shape index (κ1) is 5.95. The monoisotopic (exact) mass is 98.0 g/mol. The SMILES string of the molecule is C=CC(O)=CC=O. The van der Waals surface area contributed by atoms with Gasteiger partial charge in [-0.05, 0) is 6.08 Å². The minimum absolute atomic E-state index is 0.102. The average molecular weight is 98.1 g/mol. The topological polar surface area (TPSA) is 37.3 Å². The van der Waals surface area contributed by atoms with Crippen molar-refractivity contribution in [3.8, 4) is 0 Å². The molecular formula is C5H6O2. The number of rotatable bonds is 2. The Hall–Kier alpha value is -1.05. The van der Waals surface area contributed by atoms with Crippen molar-refractivity contribution in [3.05, 3.63) is 24.5 Å². The summed E-state index contributed by atoms with van der Waals surface area (Å²) in [6.45, 7) is 3.20. The Morgan fingerprint density at radius 1 is 1.71 bits per heavy atom. The number of carbonyl (C=O) groups is 1. The molecule has 0 aliphatic rings. The van der Waals surface area contributed by atoms with Crippen LogP contribution in [-0.4, -0.2) is 11.4 Å². The molecule has 0 aromatic heterocycles. The zero-order valence-electron chi connectivity index (χ0n) is 3.79. The van der Waals surface area contributed by atoms with Gasteiger partial charge in [0.2, 0.25) is 0 Å². The molecule has 0 aliphatic heterocycles. The molecule has 38 valence electrons. The highest BCUT2D eigenvalue weighted by atomic mass is 16.3. The summed E-state index contributed by atoms with van der Waals surface area (Å²) in [5.41, 5.74) is 0. The molecule has 0 rings (SSSR count). The van der Waals surface area contributed by atoms with Gasteiger partial charge in [-0.2, -0.15) is 0 Å². The molecule has 0 bridgehead atoms. The third-order valence-electron chi connectivity index (χ3n) is 0.448. The van der Waals surface area contributed by atoms with E-state index in [2.05, 4.69) is 6.58 Å². The highest BCUT2D eigenvalue weighted by Gasteiger charge is 1.74. The van der Waals surface area contributed by atoms with Crippen LogP contribution in [-0.2, 0) is 4.79 Å². The average Bonchev–Trinajstić information content (AvgIpc) is 1.68. The van der Waals surface area contributed by atoms with Gasteiger partial charge in [-0.15, -0.1) is 0 Å².